The van der Waals surface area contributed by atoms with Crippen molar-refractivity contribution in [1.82, 2.24) is 9.97 Å². The van der Waals surface area contributed by atoms with E-state index in [2.05, 4.69) is 66.4 Å². The van der Waals surface area contributed by atoms with Gasteiger partial charge >= 0.3 is 0 Å². The van der Waals surface area contributed by atoms with Crippen LogP contribution in [-0.4, -0.2) is 9.97 Å². The third-order valence-electron chi connectivity index (χ3n) is 6.90. The molecule has 3 heteroatoms. The maximum atomic E-state index is 5.16. The van der Waals surface area contributed by atoms with Crippen LogP contribution in [0.2, 0.25) is 0 Å². The lowest BCUT2D eigenvalue weighted by atomic mass is 9.72. The predicted molar refractivity (Wildman–Crippen MR) is 121 cm³/mol. The smallest absolute Gasteiger partial charge is 0.120 e. The molecule has 0 spiro atoms. The fourth-order valence-corrected chi connectivity index (χ4v) is 4.73. The van der Waals surface area contributed by atoms with Crippen molar-refractivity contribution in [3.8, 4) is 22.4 Å². The number of nitrogens with zero attached hydrogens (tertiary/aromatic N) is 2. The average Bonchev–Trinajstić information content (AvgIpc) is 3.62. The summed E-state index contributed by atoms with van der Waals surface area (Å²) in [5.74, 6) is 0.597. The normalized spacial score (nSPS) is 17.6. The van der Waals surface area contributed by atoms with Crippen LogP contribution in [0.5, 0.6) is 0 Å². The van der Waals surface area contributed by atoms with E-state index in [0.29, 0.717) is 5.92 Å². The van der Waals surface area contributed by atoms with Crippen molar-refractivity contribution in [2.75, 3.05) is 0 Å². The first kappa shape index (κ1) is 17.8. The Morgan fingerprint density at radius 3 is 2.30 bits per heavy atom. The summed E-state index contributed by atoms with van der Waals surface area (Å²) in [5.41, 5.74) is 12.8. The molecule has 2 aromatic heterocycles. The first-order chi connectivity index (χ1) is 14.7. The summed E-state index contributed by atoms with van der Waals surface area (Å²) in [5, 5.41) is 1.20. The SMILES string of the molecule is [NH3+]C1(c2ccc(-c3nc4ccnc(C5CC5)c4cc3-c3ccccc3)cc2)CCC1. The van der Waals surface area contributed by atoms with E-state index in [-0.39, 0.29) is 5.54 Å². The first-order valence-corrected chi connectivity index (χ1v) is 11.0. The zero-order chi connectivity index (χ0) is 20.1. The Morgan fingerprint density at radius 2 is 1.63 bits per heavy atom. The number of hydrogen-bond acceptors (Lipinski definition) is 2. The monoisotopic (exact) mass is 392 g/mol. The molecule has 0 radical (unpaired) electrons. The van der Waals surface area contributed by atoms with Gasteiger partial charge in [0.2, 0.25) is 0 Å². The highest BCUT2D eigenvalue weighted by Gasteiger charge is 2.38. The fourth-order valence-electron chi connectivity index (χ4n) is 4.73. The number of hydrogen-bond donors (Lipinski definition) is 1. The molecule has 2 aliphatic carbocycles. The van der Waals surface area contributed by atoms with Gasteiger partial charge in [-0.05, 0) is 37.0 Å². The van der Waals surface area contributed by atoms with Crippen LogP contribution in [0.1, 0.15) is 49.3 Å². The Bertz CT molecular complexity index is 1220. The van der Waals surface area contributed by atoms with Crippen LogP contribution in [0.15, 0.2) is 72.9 Å². The van der Waals surface area contributed by atoms with E-state index >= 15 is 0 Å². The van der Waals surface area contributed by atoms with Crippen molar-refractivity contribution in [2.45, 2.75) is 43.6 Å². The Hall–Kier alpha value is -3.04. The number of fused-ring (bicyclic) bond motifs is 1. The van der Waals surface area contributed by atoms with Gasteiger partial charge in [-0.2, -0.15) is 0 Å². The van der Waals surface area contributed by atoms with Gasteiger partial charge in [-0.15, -0.1) is 0 Å². The van der Waals surface area contributed by atoms with Gasteiger partial charge in [0.05, 0.1) is 16.9 Å². The predicted octanol–water partition coefficient (Wildman–Crippen LogP) is 5.46. The van der Waals surface area contributed by atoms with E-state index in [9.17, 15) is 0 Å². The van der Waals surface area contributed by atoms with Crippen LogP contribution in [0.25, 0.3) is 33.3 Å². The van der Waals surface area contributed by atoms with Crippen molar-refractivity contribution in [1.29, 1.82) is 0 Å². The second-order valence-electron chi connectivity index (χ2n) is 9.00. The highest BCUT2D eigenvalue weighted by atomic mass is 14.8. The Labute approximate surface area is 177 Å². The number of benzene rings is 2. The molecule has 0 saturated heterocycles. The molecule has 0 atom stereocenters. The van der Waals surface area contributed by atoms with E-state index in [1.54, 1.807) is 0 Å². The quantitative estimate of drug-likeness (QED) is 0.501. The van der Waals surface area contributed by atoms with E-state index in [1.807, 2.05) is 12.3 Å². The minimum Gasteiger partial charge on any atom is -0.349 e. The van der Waals surface area contributed by atoms with Gasteiger partial charge in [0.25, 0.3) is 0 Å². The van der Waals surface area contributed by atoms with E-state index in [1.165, 1.54) is 59.9 Å². The molecule has 3 N–H and O–H groups in total. The summed E-state index contributed by atoms with van der Waals surface area (Å²) in [6, 6.07) is 23.9. The molecule has 2 saturated carbocycles. The lowest BCUT2D eigenvalue weighted by Gasteiger charge is -2.34. The molecule has 4 aromatic rings. The van der Waals surface area contributed by atoms with Gasteiger partial charge in [0.15, 0.2) is 0 Å². The summed E-state index contributed by atoms with van der Waals surface area (Å²) >= 11 is 0. The van der Waals surface area contributed by atoms with Gasteiger partial charge in [-0.3, -0.25) is 4.98 Å². The Kier molecular flexibility index (Phi) is 4.00. The van der Waals surface area contributed by atoms with Crippen LogP contribution >= 0.6 is 0 Å². The van der Waals surface area contributed by atoms with Gasteiger partial charge < -0.3 is 5.73 Å². The molecular weight excluding hydrogens is 366 g/mol. The number of aromatic nitrogens is 2. The number of quaternary nitrogens is 1. The molecule has 0 amide bonds. The van der Waals surface area contributed by atoms with Crippen molar-refractivity contribution >= 4 is 10.9 Å². The molecule has 30 heavy (non-hydrogen) atoms. The molecule has 2 heterocycles. The average molecular weight is 393 g/mol. The topological polar surface area (TPSA) is 53.4 Å². The molecule has 0 bridgehead atoms. The fraction of sp³-hybridized carbons (Fsp3) is 0.259. The zero-order valence-electron chi connectivity index (χ0n) is 17.1. The molecule has 2 aromatic carbocycles. The maximum absolute atomic E-state index is 5.16. The van der Waals surface area contributed by atoms with Crippen molar-refractivity contribution in [3.63, 3.8) is 0 Å². The third-order valence-corrected chi connectivity index (χ3v) is 6.90. The van der Waals surface area contributed by atoms with Crippen molar-refractivity contribution in [3.05, 3.63) is 84.2 Å². The summed E-state index contributed by atoms with van der Waals surface area (Å²) in [7, 11) is 0. The van der Waals surface area contributed by atoms with Crippen molar-refractivity contribution < 1.29 is 5.73 Å². The van der Waals surface area contributed by atoms with E-state index in [4.69, 9.17) is 9.97 Å². The highest BCUT2D eigenvalue weighted by molar-refractivity contribution is 5.93. The third kappa shape index (κ3) is 2.93. The summed E-state index contributed by atoms with van der Waals surface area (Å²) in [4.78, 5) is 9.88. The van der Waals surface area contributed by atoms with Gasteiger partial charge in [-0.1, -0.05) is 54.6 Å². The highest BCUT2D eigenvalue weighted by Crippen LogP contribution is 2.43. The molecule has 2 aliphatic rings. The van der Waals surface area contributed by atoms with Gasteiger partial charge in [0.1, 0.15) is 5.54 Å². The Morgan fingerprint density at radius 1 is 0.867 bits per heavy atom. The zero-order valence-corrected chi connectivity index (χ0v) is 17.1. The molecule has 0 unspecified atom stereocenters. The summed E-state index contributed by atoms with van der Waals surface area (Å²) < 4.78 is 0. The van der Waals surface area contributed by atoms with Crippen LogP contribution < -0.4 is 5.73 Å². The van der Waals surface area contributed by atoms with Crippen LogP contribution in [0, 0.1) is 0 Å². The first-order valence-electron chi connectivity index (χ1n) is 11.0. The number of pyridine rings is 2. The van der Waals surface area contributed by atoms with E-state index < -0.39 is 0 Å². The van der Waals surface area contributed by atoms with Crippen LogP contribution in [-0.2, 0) is 5.54 Å². The van der Waals surface area contributed by atoms with Gasteiger partial charge in [-0.25, -0.2) is 4.98 Å². The molecule has 2 fully saturated rings. The second kappa shape index (κ2) is 6.75. The minimum atomic E-state index is 0.114. The standard InChI is InChI=1S/C27H25N3/c28-27(14-4-15-27)21-11-9-20(10-12-21)26-22(18-5-2-1-3-6-18)17-23-24(30-26)13-16-29-25(23)19-7-8-19/h1-3,5-6,9-13,16-17,19H,4,7-8,14-15,28H2/p+1. The Balaban J connectivity index is 1.53. The molecular formula is C27H26N3+. The summed E-state index contributed by atoms with van der Waals surface area (Å²) in [6.45, 7) is 0. The molecule has 6 rings (SSSR count). The second-order valence-corrected chi connectivity index (χ2v) is 9.00. The maximum Gasteiger partial charge on any atom is 0.120 e. The van der Waals surface area contributed by atoms with Crippen LogP contribution in [0.4, 0.5) is 0 Å². The van der Waals surface area contributed by atoms with Gasteiger partial charge in [0, 0.05) is 47.0 Å². The number of rotatable bonds is 4. The lowest BCUT2D eigenvalue weighted by Crippen LogP contribution is -2.73. The molecule has 3 nitrogen and oxygen atoms in total. The molecule has 148 valence electrons. The molecule has 0 aliphatic heterocycles. The largest absolute Gasteiger partial charge is 0.349 e. The van der Waals surface area contributed by atoms with Crippen LogP contribution in [0.3, 0.4) is 0 Å². The summed E-state index contributed by atoms with van der Waals surface area (Å²) in [6.07, 6.45) is 8.05. The van der Waals surface area contributed by atoms with Crippen molar-refractivity contribution in [2.24, 2.45) is 0 Å². The van der Waals surface area contributed by atoms with E-state index in [0.717, 1.165) is 16.8 Å². The minimum absolute atomic E-state index is 0.114. The lowest BCUT2D eigenvalue weighted by molar-refractivity contribution is -0.509.